The number of fused-ring (bicyclic) bond motifs is 1. The standard InChI is InChI=1S/C24H22F4N2O4/c1-13-4-6-18-17(8-9-30(23(18)33)14(2)12-34-15(3)31)21(13)22(32)29-11-16-5-7-19(20(25)10-16)24(26,27)28/h4-10,14H,11-12H2,1-3H3,(H,29,32). The van der Waals surface area contributed by atoms with Crippen molar-refractivity contribution in [2.75, 3.05) is 6.61 Å². The Morgan fingerprint density at radius 1 is 1.12 bits per heavy atom. The molecule has 2 aromatic carbocycles. The third-order valence-corrected chi connectivity index (χ3v) is 5.34. The number of rotatable bonds is 6. The number of halogens is 4. The second kappa shape index (κ2) is 9.66. The van der Waals surface area contributed by atoms with Crippen molar-refractivity contribution in [2.45, 2.75) is 39.5 Å². The van der Waals surface area contributed by atoms with Gasteiger partial charge in [0, 0.05) is 30.4 Å². The Morgan fingerprint density at radius 2 is 1.82 bits per heavy atom. The molecule has 0 spiro atoms. The van der Waals surface area contributed by atoms with E-state index in [1.807, 2.05) is 0 Å². The summed E-state index contributed by atoms with van der Waals surface area (Å²) in [4.78, 5) is 37.0. The van der Waals surface area contributed by atoms with E-state index in [0.29, 0.717) is 17.0 Å². The topological polar surface area (TPSA) is 77.4 Å². The highest BCUT2D eigenvalue weighted by molar-refractivity contribution is 6.08. The number of esters is 1. The molecule has 1 aromatic heterocycles. The van der Waals surface area contributed by atoms with E-state index in [9.17, 15) is 31.9 Å². The van der Waals surface area contributed by atoms with E-state index in [1.54, 1.807) is 32.0 Å². The third-order valence-electron chi connectivity index (χ3n) is 5.34. The lowest BCUT2D eigenvalue weighted by atomic mass is 10.00. The first-order valence-corrected chi connectivity index (χ1v) is 10.3. The van der Waals surface area contributed by atoms with Gasteiger partial charge >= 0.3 is 12.1 Å². The highest BCUT2D eigenvalue weighted by Crippen LogP contribution is 2.31. The molecule has 6 nitrogen and oxygen atoms in total. The number of alkyl halides is 3. The van der Waals surface area contributed by atoms with Gasteiger partial charge in [0.2, 0.25) is 0 Å². The minimum atomic E-state index is -4.81. The van der Waals surface area contributed by atoms with Crippen LogP contribution in [0.25, 0.3) is 10.8 Å². The summed E-state index contributed by atoms with van der Waals surface area (Å²) in [5.74, 6) is -2.46. The number of aryl methyl sites for hydroxylation is 1. The minimum Gasteiger partial charge on any atom is -0.464 e. The number of pyridine rings is 1. The Bertz CT molecular complexity index is 1310. The van der Waals surface area contributed by atoms with E-state index >= 15 is 0 Å². The van der Waals surface area contributed by atoms with E-state index in [0.717, 1.165) is 12.1 Å². The molecule has 1 heterocycles. The van der Waals surface area contributed by atoms with Gasteiger partial charge in [0.05, 0.1) is 17.2 Å². The van der Waals surface area contributed by atoms with Gasteiger partial charge in [-0.3, -0.25) is 14.4 Å². The molecule has 1 atom stereocenters. The van der Waals surface area contributed by atoms with Crippen LogP contribution >= 0.6 is 0 Å². The highest BCUT2D eigenvalue weighted by atomic mass is 19.4. The van der Waals surface area contributed by atoms with Gasteiger partial charge in [-0.25, -0.2) is 4.39 Å². The molecule has 0 radical (unpaired) electrons. The Morgan fingerprint density at radius 3 is 2.44 bits per heavy atom. The molecule has 3 rings (SSSR count). The van der Waals surface area contributed by atoms with Crippen molar-refractivity contribution in [2.24, 2.45) is 0 Å². The van der Waals surface area contributed by atoms with Crippen molar-refractivity contribution in [3.63, 3.8) is 0 Å². The summed E-state index contributed by atoms with van der Waals surface area (Å²) in [6.45, 7) is 4.45. The molecule has 0 saturated carbocycles. The SMILES string of the molecule is CC(=O)OCC(C)n1ccc2c(C(=O)NCc3ccc(C(F)(F)F)c(F)c3)c(C)ccc2c1=O. The molecular formula is C24H22F4N2O4. The van der Waals surface area contributed by atoms with Crippen LogP contribution in [0.4, 0.5) is 17.6 Å². The summed E-state index contributed by atoms with van der Waals surface area (Å²) in [7, 11) is 0. The second-order valence-corrected chi connectivity index (χ2v) is 7.89. The summed E-state index contributed by atoms with van der Waals surface area (Å²) in [6.07, 6.45) is -3.31. The first kappa shape index (κ1) is 24.9. The molecule has 3 aromatic rings. The Labute approximate surface area is 192 Å². The van der Waals surface area contributed by atoms with E-state index < -0.39 is 35.5 Å². The van der Waals surface area contributed by atoms with Gasteiger partial charge < -0.3 is 14.6 Å². The number of hydrogen-bond acceptors (Lipinski definition) is 4. The molecule has 0 aliphatic heterocycles. The zero-order valence-corrected chi connectivity index (χ0v) is 18.6. The number of carbonyl (C=O) groups excluding carboxylic acids is 2. The predicted octanol–water partition coefficient (Wildman–Crippen LogP) is 4.52. The maximum absolute atomic E-state index is 13.8. The molecule has 0 aliphatic rings. The first-order valence-electron chi connectivity index (χ1n) is 10.3. The van der Waals surface area contributed by atoms with Gasteiger partial charge in [0.15, 0.2) is 0 Å². The van der Waals surface area contributed by atoms with E-state index in [1.165, 1.54) is 17.7 Å². The normalized spacial score (nSPS) is 12.4. The predicted molar refractivity (Wildman–Crippen MR) is 117 cm³/mol. The molecule has 10 heteroatoms. The minimum absolute atomic E-state index is 0.00361. The summed E-state index contributed by atoms with van der Waals surface area (Å²) in [6, 6.07) is 6.80. The highest BCUT2D eigenvalue weighted by Gasteiger charge is 2.33. The largest absolute Gasteiger partial charge is 0.464 e. The van der Waals surface area contributed by atoms with Crippen LogP contribution < -0.4 is 10.9 Å². The summed E-state index contributed by atoms with van der Waals surface area (Å²) in [5, 5.41) is 3.23. The molecule has 180 valence electrons. The van der Waals surface area contributed by atoms with Crippen LogP contribution in [0.15, 0.2) is 47.4 Å². The molecule has 0 aliphatic carbocycles. The lowest BCUT2D eigenvalue weighted by Crippen LogP contribution is -2.28. The van der Waals surface area contributed by atoms with Gasteiger partial charge in [-0.1, -0.05) is 12.1 Å². The van der Waals surface area contributed by atoms with E-state index in [2.05, 4.69) is 5.32 Å². The van der Waals surface area contributed by atoms with Gasteiger partial charge in [0.1, 0.15) is 12.4 Å². The number of amides is 1. The molecule has 0 saturated heterocycles. The number of ether oxygens (including phenoxy) is 1. The number of carbonyl (C=O) groups is 2. The van der Waals surface area contributed by atoms with Crippen molar-refractivity contribution in [1.29, 1.82) is 0 Å². The number of benzene rings is 2. The second-order valence-electron chi connectivity index (χ2n) is 7.89. The number of hydrogen-bond donors (Lipinski definition) is 1. The fraction of sp³-hybridized carbons (Fsp3) is 0.292. The van der Waals surface area contributed by atoms with Crippen LogP contribution in [-0.2, 0) is 22.3 Å². The van der Waals surface area contributed by atoms with Crippen LogP contribution in [0, 0.1) is 12.7 Å². The summed E-state index contributed by atoms with van der Waals surface area (Å²) in [5.41, 5.74) is -0.809. The van der Waals surface area contributed by atoms with Crippen molar-refractivity contribution < 1.29 is 31.9 Å². The van der Waals surface area contributed by atoms with Gasteiger partial charge in [0.25, 0.3) is 11.5 Å². The maximum atomic E-state index is 13.8. The third kappa shape index (κ3) is 5.27. The average Bonchev–Trinajstić information content (AvgIpc) is 2.75. The van der Waals surface area contributed by atoms with Crippen molar-refractivity contribution in [3.8, 4) is 0 Å². The smallest absolute Gasteiger partial charge is 0.419 e. The van der Waals surface area contributed by atoms with Crippen molar-refractivity contribution in [1.82, 2.24) is 9.88 Å². The van der Waals surface area contributed by atoms with Gasteiger partial charge in [-0.15, -0.1) is 0 Å². The quantitative estimate of drug-likeness (QED) is 0.418. The van der Waals surface area contributed by atoms with Crippen molar-refractivity contribution >= 4 is 22.6 Å². The lowest BCUT2D eigenvalue weighted by molar-refractivity contribution is -0.142. The maximum Gasteiger partial charge on any atom is 0.419 e. The first-order chi connectivity index (χ1) is 15.9. The summed E-state index contributed by atoms with van der Waals surface area (Å²) >= 11 is 0. The number of aromatic nitrogens is 1. The zero-order valence-electron chi connectivity index (χ0n) is 18.6. The fourth-order valence-electron chi connectivity index (χ4n) is 3.59. The van der Waals surface area contributed by atoms with Crippen LogP contribution in [-0.4, -0.2) is 23.1 Å². The zero-order chi connectivity index (χ0) is 25.2. The summed E-state index contributed by atoms with van der Waals surface area (Å²) < 4.78 is 58.4. The Balaban J connectivity index is 1.87. The molecule has 1 N–H and O–H groups in total. The number of nitrogens with one attached hydrogen (secondary N) is 1. The van der Waals surface area contributed by atoms with Gasteiger partial charge in [-0.2, -0.15) is 13.2 Å². The Kier molecular flexibility index (Phi) is 7.09. The van der Waals surface area contributed by atoms with Crippen LogP contribution in [0.1, 0.15) is 46.9 Å². The van der Waals surface area contributed by atoms with Gasteiger partial charge in [-0.05, 0) is 49.2 Å². The molecule has 1 unspecified atom stereocenters. The van der Waals surface area contributed by atoms with E-state index in [-0.39, 0.29) is 35.2 Å². The fourth-order valence-corrected chi connectivity index (χ4v) is 3.59. The monoisotopic (exact) mass is 478 g/mol. The van der Waals surface area contributed by atoms with Crippen LogP contribution in [0.2, 0.25) is 0 Å². The molecular weight excluding hydrogens is 456 g/mol. The molecule has 34 heavy (non-hydrogen) atoms. The van der Waals surface area contributed by atoms with Crippen molar-refractivity contribution in [3.05, 3.63) is 81.0 Å². The Hall–Kier alpha value is -3.69. The van der Waals surface area contributed by atoms with Crippen LogP contribution in [0.3, 0.4) is 0 Å². The lowest BCUT2D eigenvalue weighted by Gasteiger charge is -2.17. The molecule has 1 amide bonds. The number of nitrogens with zero attached hydrogens (tertiary/aromatic N) is 1. The van der Waals surface area contributed by atoms with Crippen LogP contribution in [0.5, 0.6) is 0 Å². The average molecular weight is 478 g/mol. The molecule has 0 bridgehead atoms. The molecule has 0 fully saturated rings. The van der Waals surface area contributed by atoms with E-state index in [4.69, 9.17) is 4.74 Å².